The van der Waals surface area contributed by atoms with Gasteiger partial charge in [0.15, 0.2) is 0 Å². The molecule has 1 nitrogen and oxygen atoms in total. The van der Waals surface area contributed by atoms with Crippen LogP contribution in [0.15, 0.2) is 0 Å². The highest BCUT2D eigenvalue weighted by molar-refractivity contribution is 4.91. The molecule has 2 fully saturated rings. The van der Waals surface area contributed by atoms with Crippen LogP contribution >= 0.6 is 0 Å². The summed E-state index contributed by atoms with van der Waals surface area (Å²) in [4.78, 5) is 0. The van der Waals surface area contributed by atoms with Crippen molar-refractivity contribution in [2.45, 2.75) is 12.8 Å². The van der Waals surface area contributed by atoms with Gasteiger partial charge in [0, 0.05) is 0 Å². The molecule has 7 heavy (non-hydrogen) atoms. The molecule has 0 unspecified atom stereocenters. The van der Waals surface area contributed by atoms with E-state index in [0.717, 1.165) is 11.8 Å². The summed E-state index contributed by atoms with van der Waals surface area (Å²) >= 11 is 0. The van der Waals surface area contributed by atoms with Crippen LogP contribution in [0, 0.1) is 11.8 Å². The first kappa shape index (κ1) is 3.90. The molecule has 0 spiro atoms. The Morgan fingerprint density at radius 2 is 2.29 bits per heavy atom. The zero-order valence-electron chi connectivity index (χ0n) is 4.48. The van der Waals surface area contributed by atoms with E-state index in [2.05, 4.69) is 5.32 Å². The molecule has 1 N–H and O–H groups in total. The van der Waals surface area contributed by atoms with Crippen LogP contribution in [0.4, 0.5) is 0 Å². The van der Waals surface area contributed by atoms with Gasteiger partial charge < -0.3 is 5.32 Å². The minimum absolute atomic E-state index is 1.09. The van der Waals surface area contributed by atoms with Gasteiger partial charge in [0.2, 0.25) is 0 Å². The molecule has 1 saturated carbocycles. The van der Waals surface area contributed by atoms with Gasteiger partial charge in [0.05, 0.1) is 0 Å². The lowest BCUT2D eigenvalue weighted by molar-refractivity contribution is 0.497. The van der Waals surface area contributed by atoms with Crippen molar-refractivity contribution in [3.8, 4) is 0 Å². The molecule has 1 aliphatic carbocycles. The molecule has 40 valence electrons. The highest BCUT2D eigenvalue weighted by atomic mass is 14.9. The quantitative estimate of drug-likeness (QED) is 0.467. The highest BCUT2D eigenvalue weighted by Gasteiger charge is 2.38. The largest absolute Gasteiger partial charge is 0.316 e. The van der Waals surface area contributed by atoms with Crippen LogP contribution in [0.3, 0.4) is 0 Å². The number of hydrogen-bond acceptors (Lipinski definition) is 1. The molecule has 2 atom stereocenters. The van der Waals surface area contributed by atoms with Crippen molar-refractivity contribution < 1.29 is 0 Å². The molecule has 0 aromatic carbocycles. The molecular weight excluding hydrogens is 86.1 g/mol. The number of fused-ring (bicyclic) bond motifs is 1. The Balaban J connectivity index is 1.95. The Morgan fingerprint density at radius 3 is 2.86 bits per heavy atom. The van der Waals surface area contributed by atoms with Gasteiger partial charge in [-0.3, -0.25) is 0 Å². The van der Waals surface area contributed by atoms with Gasteiger partial charge in [-0.1, -0.05) is 0 Å². The Labute approximate surface area is 44.1 Å². The SMILES string of the molecule is C1C[C@H]2C[C@@H]2CN1. The van der Waals surface area contributed by atoms with E-state index in [1.54, 1.807) is 0 Å². The molecule has 2 aliphatic rings. The van der Waals surface area contributed by atoms with E-state index in [1.165, 1.54) is 25.9 Å². The fraction of sp³-hybridized carbons (Fsp3) is 1.00. The van der Waals surface area contributed by atoms with Crippen LogP contribution in [0.5, 0.6) is 0 Å². The first-order valence-electron chi connectivity index (χ1n) is 3.17. The summed E-state index contributed by atoms with van der Waals surface area (Å²) in [5.74, 6) is 2.23. The number of piperidine rings is 1. The molecule has 0 radical (unpaired) electrons. The van der Waals surface area contributed by atoms with Gasteiger partial charge >= 0.3 is 0 Å². The zero-order valence-corrected chi connectivity index (χ0v) is 4.48. The van der Waals surface area contributed by atoms with Crippen molar-refractivity contribution in [1.82, 2.24) is 5.32 Å². The minimum atomic E-state index is 1.09. The Kier molecular flexibility index (Phi) is 0.680. The summed E-state index contributed by atoms with van der Waals surface area (Å²) in [7, 11) is 0. The van der Waals surface area contributed by atoms with Crippen LogP contribution in [-0.2, 0) is 0 Å². The minimum Gasteiger partial charge on any atom is -0.316 e. The van der Waals surface area contributed by atoms with Crippen molar-refractivity contribution in [3.63, 3.8) is 0 Å². The fourth-order valence-corrected chi connectivity index (χ4v) is 1.49. The summed E-state index contributed by atoms with van der Waals surface area (Å²) in [5.41, 5.74) is 0. The molecule has 1 aliphatic heterocycles. The smallest absolute Gasteiger partial charge is 0.00178 e. The average Bonchev–Trinajstić information content (AvgIpc) is 2.41. The maximum Gasteiger partial charge on any atom is -0.00178 e. The topological polar surface area (TPSA) is 12.0 Å². The fourth-order valence-electron chi connectivity index (χ4n) is 1.49. The third kappa shape index (κ3) is 0.556. The van der Waals surface area contributed by atoms with E-state index < -0.39 is 0 Å². The Hall–Kier alpha value is -0.0400. The van der Waals surface area contributed by atoms with Crippen molar-refractivity contribution in [3.05, 3.63) is 0 Å². The second-order valence-electron chi connectivity index (χ2n) is 2.75. The van der Waals surface area contributed by atoms with E-state index in [9.17, 15) is 0 Å². The van der Waals surface area contributed by atoms with Crippen molar-refractivity contribution in [2.75, 3.05) is 13.1 Å². The second-order valence-corrected chi connectivity index (χ2v) is 2.75. The number of rotatable bonds is 0. The predicted molar refractivity (Wildman–Crippen MR) is 29.1 cm³/mol. The summed E-state index contributed by atoms with van der Waals surface area (Å²) in [5, 5.41) is 3.38. The molecule has 2 rings (SSSR count). The second kappa shape index (κ2) is 1.22. The molecule has 0 amide bonds. The average molecular weight is 97.2 g/mol. The van der Waals surface area contributed by atoms with E-state index in [-0.39, 0.29) is 0 Å². The van der Waals surface area contributed by atoms with Gasteiger partial charge in [-0.2, -0.15) is 0 Å². The summed E-state index contributed by atoms with van der Waals surface area (Å²) in [6, 6.07) is 0. The van der Waals surface area contributed by atoms with E-state index in [4.69, 9.17) is 0 Å². The van der Waals surface area contributed by atoms with Crippen LogP contribution in [0.2, 0.25) is 0 Å². The summed E-state index contributed by atoms with van der Waals surface area (Å²) in [6.07, 6.45) is 2.97. The summed E-state index contributed by atoms with van der Waals surface area (Å²) < 4.78 is 0. The zero-order chi connectivity index (χ0) is 4.69. The number of hydrogen-bond donors (Lipinski definition) is 1. The van der Waals surface area contributed by atoms with Crippen LogP contribution in [0.1, 0.15) is 12.8 Å². The molecule has 0 aromatic heterocycles. The van der Waals surface area contributed by atoms with E-state index in [1.807, 2.05) is 0 Å². The predicted octanol–water partition coefficient (Wildman–Crippen LogP) is 0.616. The Bertz CT molecular complexity index is 70.2. The Morgan fingerprint density at radius 1 is 1.29 bits per heavy atom. The van der Waals surface area contributed by atoms with Crippen molar-refractivity contribution in [1.29, 1.82) is 0 Å². The van der Waals surface area contributed by atoms with Gasteiger partial charge in [0.25, 0.3) is 0 Å². The first-order chi connectivity index (χ1) is 3.47. The van der Waals surface area contributed by atoms with Crippen LogP contribution < -0.4 is 5.32 Å². The van der Waals surface area contributed by atoms with Gasteiger partial charge in [-0.05, 0) is 37.8 Å². The van der Waals surface area contributed by atoms with Crippen LogP contribution in [-0.4, -0.2) is 13.1 Å². The van der Waals surface area contributed by atoms with Crippen molar-refractivity contribution >= 4 is 0 Å². The molecule has 0 aromatic rings. The molecule has 1 saturated heterocycles. The maximum atomic E-state index is 3.38. The van der Waals surface area contributed by atoms with Crippen LogP contribution in [0.25, 0.3) is 0 Å². The van der Waals surface area contributed by atoms with Gasteiger partial charge in [-0.15, -0.1) is 0 Å². The lowest BCUT2D eigenvalue weighted by Crippen LogP contribution is -2.23. The monoisotopic (exact) mass is 97.1 g/mol. The third-order valence-electron chi connectivity index (χ3n) is 2.17. The lowest BCUT2D eigenvalue weighted by atomic mass is 10.2. The molecule has 0 bridgehead atoms. The van der Waals surface area contributed by atoms with E-state index in [0.29, 0.717) is 0 Å². The normalized spacial score (nSPS) is 48.0. The number of nitrogens with one attached hydrogen (secondary N) is 1. The lowest BCUT2D eigenvalue weighted by Gasteiger charge is -2.08. The standard InChI is InChI=1S/C6H11N/c1-2-7-4-6-3-5(1)6/h5-7H,1-4H2/t5-,6+/m0/s1. The molecule has 1 heterocycles. The first-order valence-corrected chi connectivity index (χ1v) is 3.17. The molecular formula is C6H11N. The summed E-state index contributed by atoms with van der Waals surface area (Å²) in [6.45, 7) is 2.59. The highest BCUT2D eigenvalue weighted by Crippen LogP contribution is 2.42. The van der Waals surface area contributed by atoms with E-state index >= 15 is 0 Å². The van der Waals surface area contributed by atoms with Crippen molar-refractivity contribution in [2.24, 2.45) is 11.8 Å². The maximum absolute atomic E-state index is 3.38. The van der Waals surface area contributed by atoms with Gasteiger partial charge in [0.1, 0.15) is 0 Å². The third-order valence-corrected chi connectivity index (χ3v) is 2.17. The van der Waals surface area contributed by atoms with Gasteiger partial charge in [-0.25, -0.2) is 0 Å². The molecule has 1 heteroatoms.